The molecule has 2 N–H and O–H groups in total. The van der Waals surface area contributed by atoms with Crippen LogP contribution in [0.2, 0.25) is 0 Å². The van der Waals surface area contributed by atoms with Gasteiger partial charge in [0.1, 0.15) is 4.99 Å². The summed E-state index contributed by atoms with van der Waals surface area (Å²) in [5, 5.41) is 13.0. The molecule has 4 atom stereocenters. The molecule has 140 valence electrons. The van der Waals surface area contributed by atoms with Crippen LogP contribution < -0.4 is 5.32 Å². The van der Waals surface area contributed by atoms with Crippen LogP contribution in [0.5, 0.6) is 0 Å². The van der Waals surface area contributed by atoms with Crippen molar-refractivity contribution in [3.8, 4) is 0 Å². The molecule has 0 aromatic heterocycles. The fourth-order valence-electron chi connectivity index (χ4n) is 3.35. The topological polar surface area (TPSA) is 44.6 Å². The Bertz CT molecular complexity index is 385. The van der Waals surface area contributed by atoms with Gasteiger partial charge in [-0.25, -0.2) is 0 Å². The van der Waals surface area contributed by atoms with Crippen molar-refractivity contribution in [2.45, 2.75) is 96.7 Å². The van der Waals surface area contributed by atoms with E-state index in [-0.39, 0.29) is 12.1 Å². The molecule has 0 aromatic carbocycles. The number of nitrogens with zero attached hydrogens (tertiary/aromatic N) is 1. The van der Waals surface area contributed by atoms with Crippen molar-refractivity contribution in [3.63, 3.8) is 0 Å². The van der Waals surface area contributed by atoms with E-state index in [4.69, 9.17) is 12.2 Å². The molecule has 0 radical (unpaired) electrons. The standard InChI is InChI=1S/C13H24N2OS2.C6H12/c1-8-6-11(16)4-5-12(8)15-13(18)10(3)14-9(2)7-17;1-2-4-6-5-3-1/h8-9,11-12,16-17H,4-7H2,1-3H3,(H,15,18);1-6H2. The molecular weight excluding hydrogens is 336 g/mol. The average molecular weight is 373 g/mol. The number of aliphatic hydroxyl groups is 1. The second-order valence-corrected chi connectivity index (χ2v) is 8.16. The molecule has 0 spiro atoms. The zero-order valence-electron chi connectivity index (χ0n) is 15.6. The van der Waals surface area contributed by atoms with Crippen molar-refractivity contribution in [2.75, 3.05) is 5.75 Å². The lowest BCUT2D eigenvalue weighted by molar-refractivity contribution is 0.0921. The van der Waals surface area contributed by atoms with Gasteiger partial charge in [0, 0.05) is 11.8 Å². The minimum atomic E-state index is -0.148. The SMILES string of the molecule is C1CCCCC1.CC(=NC(C)CS)C(=S)NC1CCC(O)CC1C. The third-order valence-corrected chi connectivity index (χ3v) is 5.91. The number of aliphatic imine (C=N–C) groups is 1. The van der Waals surface area contributed by atoms with Crippen LogP contribution in [0.4, 0.5) is 0 Å². The molecule has 24 heavy (non-hydrogen) atoms. The van der Waals surface area contributed by atoms with E-state index >= 15 is 0 Å². The van der Waals surface area contributed by atoms with Gasteiger partial charge in [0.25, 0.3) is 0 Å². The summed E-state index contributed by atoms with van der Waals surface area (Å²) >= 11 is 9.59. The van der Waals surface area contributed by atoms with Crippen molar-refractivity contribution >= 4 is 35.5 Å². The summed E-state index contributed by atoms with van der Waals surface area (Å²) in [5.74, 6) is 1.17. The van der Waals surface area contributed by atoms with Gasteiger partial charge in [-0.1, -0.05) is 57.7 Å². The highest BCUT2D eigenvalue weighted by Crippen LogP contribution is 2.24. The van der Waals surface area contributed by atoms with Crippen LogP contribution in [0, 0.1) is 5.92 Å². The predicted octanol–water partition coefficient (Wildman–Crippen LogP) is 4.57. The molecule has 2 aliphatic rings. The molecule has 2 rings (SSSR count). The van der Waals surface area contributed by atoms with Crippen molar-refractivity contribution in [1.82, 2.24) is 5.32 Å². The number of hydrogen-bond acceptors (Lipinski definition) is 4. The van der Waals surface area contributed by atoms with Gasteiger partial charge in [0.15, 0.2) is 0 Å². The largest absolute Gasteiger partial charge is 0.393 e. The monoisotopic (exact) mass is 372 g/mol. The molecule has 0 amide bonds. The van der Waals surface area contributed by atoms with Crippen LogP contribution in [0.15, 0.2) is 4.99 Å². The van der Waals surface area contributed by atoms with Gasteiger partial charge < -0.3 is 10.4 Å². The number of nitrogens with one attached hydrogen (secondary N) is 1. The number of thiol groups is 1. The lowest BCUT2D eigenvalue weighted by atomic mass is 9.84. The lowest BCUT2D eigenvalue weighted by Gasteiger charge is -2.33. The number of aliphatic hydroxyl groups excluding tert-OH is 1. The molecule has 2 aliphatic carbocycles. The minimum Gasteiger partial charge on any atom is -0.393 e. The summed E-state index contributed by atoms with van der Waals surface area (Å²) in [6, 6.07) is 0.552. The molecule has 0 aliphatic heterocycles. The molecule has 0 saturated heterocycles. The van der Waals surface area contributed by atoms with E-state index < -0.39 is 0 Å². The maximum atomic E-state index is 9.60. The zero-order chi connectivity index (χ0) is 17.9. The van der Waals surface area contributed by atoms with Gasteiger partial charge in [-0.2, -0.15) is 12.6 Å². The Morgan fingerprint density at radius 1 is 1.21 bits per heavy atom. The van der Waals surface area contributed by atoms with Gasteiger partial charge in [0.05, 0.1) is 17.9 Å². The Balaban J connectivity index is 0.000000400. The second kappa shape index (κ2) is 12.3. The summed E-state index contributed by atoms with van der Waals surface area (Å²) in [7, 11) is 0. The molecule has 2 fully saturated rings. The summed E-state index contributed by atoms with van der Waals surface area (Å²) < 4.78 is 0. The molecule has 5 heteroatoms. The molecule has 4 unspecified atom stereocenters. The summed E-state index contributed by atoms with van der Waals surface area (Å²) in [6.07, 6.45) is 11.5. The highest BCUT2D eigenvalue weighted by atomic mass is 32.1. The Hall–Kier alpha value is -0.130. The molecule has 0 bridgehead atoms. The molecule has 2 saturated carbocycles. The van der Waals surface area contributed by atoms with E-state index in [9.17, 15) is 5.11 Å². The van der Waals surface area contributed by atoms with Gasteiger partial charge in [-0.15, -0.1) is 0 Å². The van der Waals surface area contributed by atoms with Crippen molar-refractivity contribution in [3.05, 3.63) is 0 Å². The normalized spacial score (nSPS) is 29.2. The van der Waals surface area contributed by atoms with Gasteiger partial charge in [-0.05, 0) is 39.0 Å². The van der Waals surface area contributed by atoms with Crippen LogP contribution in [-0.2, 0) is 0 Å². The Labute approximate surface area is 159 Å². The first-order valence-corrected chi connectivity index (χ1v) is 10.6. The predicted molar refractivity (Wildman–Crippen MR) is 113 cm³/mol. The van der Waals surface area contributed by atoms with Crippen LogP contribution in [0.25, 0.3) is 0 Å². The van der Waals surface area contributed by atoms with E-state index in [2.05, 4.69) is 29.9 Å². The highest BCUT2D eigenvalue weighted by molar-refractivity contribution is 7.82. The van der Waals surface area contributed by atoms with Crippen LogP contribution in [-0.4, -0.2) is 39.7 Å². The first-order valence-electron chi connectivity index (χ1n) is 9.58. The van der Waals surface area contributed by atoms with Gasteiger partial charge >= 0.3 is 0 Å². The third-order valence-electron chi connectivity index (χ3n) is 4.96. The van der Waals surface area contributed by atoms with E-state index in [1.807, 2.05) is 13.8 Å². The molecule has 0 aromatic rings. The summed E-state index contributed by atoms with van der Waals surface area (Å²) in [5.41, 5.74) is 0.880. The quantitative estimate of drug-likeness (QED) is 0.385. The summed E-state index contributed by atoms with van der Waals surface area (Å²) in [6.45, 7) is 6.13. The Kier molecular flexibility index (Phi) is 11.2. The van der Waals surface area contributed by atoms with Crippen LogP contribution in [0.1, 0.15) is 78.6 Å². The second-order valence-electron chi connectivity index (χ2n) is 7.39. The highest BCUT2D eigenvalue weighted by Gasteiger charge is 2.27. The van der Waals surface area contributed by atoms with E-state index in [0.29, 0.717) is 12.0 Å². The lowest BCUT2D eigenvalue weighted by Crippen LogP contribution is -2.45. The first-order chi connectivity index (χ1) is 11.4. The average Bonchev–Trinajstić information content (AvgIpc) is 2.59. The molecule has 0 heterocycles. The van der Waals surface area contributed by atoms with Crippen LogP contribution in [0.3, 0.4) is 0 Å². The molecule has 3 nitrogen and oxygen atoms in total. The van der Waals surface area contributed by atoms with E-state index in [1.165, 1.54) is 38.5 Å². The number of rotatable bonds is 4. The molecular formula is C19H36N2OS2. The van der Waals surface area contributed by atoms with Gasteiger partial charge in [-0.3, -0.25) is 4.99 Å². The fraction of sp³-hybridized carbons (Fsp3) is 0.895. The van der Waals surface area contributed by atoms with E-state index in [1.54, 1.807) is 0 Å². The minimum absolute atomic E-state index is 0.148. The smallest absolute Gasteiger partial charge is 0.120 e. The third kappa shape index (κ3) is 8.82. The summed E-state index contributed by atoms with van der Waals surface area (Å²) in [4.78, 5) is 5.22. The number of hydrogen-bond donors (Lipinski definition) is 3. The Morgan fingerprint density at radius 2 is 1.75 bits per heavy atom. The van der Waals surface area contributed by atoms with Crippen molar-refractivity contribution < 1.29 is 5.11 Å². The maximum absolute atomic E-state index is 9.60. The van der Waals surface area contributed by atoms with Crippen molar-refractivity contribution in [2.24, 2.45) is 10.9 Å². The van der Waals surface area contributed by atoms with Gasteiger partial charge in [0.2, 0.25) is 0 Å². The first kappa shape index (κ1) is 21.9. The fourth-order valence-corrected chi connectivity index (χ4v) is 3.63. The van der Waals surface area contributed by atoms with E-state index in [0.717, 1.165) is 35.7 Å². The van der Waals surface area contributed by atoms with Crippen molar-refractivity contribution in [1.29, 1.82) is 0 Å². The maximum Gasteiger partial charge on any atom is 0.120 e. The van der Waals surface area contributed by atoms with Crippen LogP contribution >= 0.6 is 24.8 Å². The zero-order valence-corrected chi connectivity index (χ0v) is 17.3. The number of thiocarbonyl (C=S) groups is 1. The Morgan fingerprint density at radius 3 is 2.21 bits per heavy atom.